The highest BCUT2D eigenvalue weighted by Gasteiger charge is 2.22. The molecule has 1 fully saturated rings. The lowest BCUT2D eigenvalue weighted by Gasteiger charge is -2.29. The van der Waals surface area contributed by atoms with Crippen LogP contribution in [-0.2, 0) is 20.9 Å². The van der Waals surface area contributed by atoms with Gasteiger partial charge in [0.05, 0.1) is 12.5 Å². The summed E-state index contributed by atoms with van der Waals surface area (Å²) in [6, 6.07) is 10.2. The second-order valence-electron chi connectivity index (χ2n) is 7.58. The van der Waals surface area contributed by atoms with Crippen molar-refractivity contribution in [2.75, 3.05) is 6.61 Å². The van der Waals surface area contributed by atoms with Crippen molar-refractivity contribution in [3.05, 3.63) is 42.1 Å². The number of fused-ring (bicyclic) bond motifs is 1. The van der Waals surface area contributed by atoms with Crippen molar-refractivity contribution in [2.45, 2.75) is 51.6 Å². The first kappa shape index (κ1) is 20.7. The van der Waals surface area contributed by atoms with Crippen LogP contribution in [0.2, 0.25) is 0 Å². The molecule has 152 valence electrons. The summed E-state index contributed by atoms with van der Waals surface area (Å²) in [5.41, 5.74) is 1.88. The maximum absolute atomic E-state index is 12.1. The van der Waals surface area contributed by atoms with Crippen LogP contribution in [0.15, 0.2) is 36.5 Å². The number of esters is 1. The monoisotopic (exact) mass is 393 g/mol. The van der Waals surface area contributed by atoms with E-state index in [1.54, 1.807) is 6.08 Å². The first-order chi connectivity index (χ1) is 14.1. The van der Waals surface area contributed by atoms with E-state index in [2.05, 4.69) is 18.3 Å². The maximum atomic E-state index is 12.1. The number of carbonyl (C=O) groups is 2. The van der Waals surface area contributed by atoms with Crippen molar-refractivity contribution in [1.82, 2.24) is 9.88 Å². The Morgan fingerprint density at radius 2 is 2.10 bits per heavy atom. The third-order valence-corrected chi connectivity index (χ3v) is 5.49. The number of nitrogens with zero attached hydrogens (tertiary/aromatic N) is 2. The van der Waals surface area contributed by atoms with Crippen LogP contribution < -0.4 is 5.32 Å². The molecule has 3 rings (SSSR count). The summed E-state index contributed by atoms with van der Waals surface area (Å²) in [7, 11) is 0. The van der Waals surface area contributed by atoms with Crippen molar-refractivity contribution < 1.29 is 14.3 Å². The lowest BCUT2D eigenvalue weighted by atomic mass is 9.86. The second kappa shape index (κ2) is 9.92. The molecule has 1 aliphatic carbocycles. The largest absolute Gasteiger partial charge is 0.452 e. The molecule has 1 heterocycles. The predicted octanol–water partition coefficient (Wildman–Crippen LogP) is 3.81. The molecule has 29 heavy (non-hydrogen) atoms. The highest BCUT2D eigenvalue weighted by molar-refractivity contribution is 5.95. The highest BCUT2D eigenvalue weighted by Crippen LogP contribution is 2.24. The number of carbonyl (C=O) groups excluding carboxylic acids is 2. The van der Waals surface area contributed by atoms with Crippen LogP contribution in [0.4, 0.5) is 0 Å². The van der Waals surface area contributed by atoms with Gasteiger partial charge in [-0.05, 0) is 30.9 Å². The zero-order chi connectivity index (χ0) is 20.6. The standard InChI is InChI=1S/C23H27N3O3/c1-17-7-2-4-9-20(17)25-22(27)16-29-23(28)12-11-18-15-26(14-6-13-24)21-10-5-3-8-19(18)21/h3,5,8,10-12,15,17,20H,2,4,6-7,9,14,16H2,1H3,(H,25,27)/b12-11+/t17-,20-/m1/s1. The summed E-state index contributed by atoms with van der Waals surface area (Å²) in [6.07, 6.45) is 9.80. The number of aromatic nitrogens is 1. The van der Waals surface area contributed by atoms with Gasteiger partial charge in [0.1, 0.15) is 0 Å². The Kier molecular flexibility index (Phi) is 7.07. The molecule has 6 nitrogen and oxygen atoms in total. The van der Waals surface area contributed by atoms with E-state index in [0.717, 1.165) is 35.7 Å². The van der Waals surface area contributed by atoms with Crippen LogP contribution in [0.3, 0.4) is 0 Å². The van der Waals surface area contributed by atoms with E-state index >= 15 is 0 Å². The van der Waals surface area contributed by atoms with Crippen LogP contribution in [0, 0.1) is 17.2 Å². The lowest BCUT2D eigenvalue weighted by molar-refractivity contribution is -0.144. The minimum Gasteiger partial charge on any atom is -0.452 e. The van der Waals surface area contributed by atoms with Gasteiger partial charge in [-0.3, -0.25) is 4.79 Å². The average Bonchev–Trinajstić information content (AvgIpc) is 3.09. The van der Waals surface area contributed by atoms with Gasteiger partial charge in [0.2, 0.25) is 0 Å². The lowest BCUT2D eigenvalue weighted by Crippen LogP contribution is -2.42. The minimum atomic E-state index is -0.550. The number of aryl methyl sites for hydroxylation is 1. The smallest absolute Gasteiger partial charge is 0.331 e. The zero-order valence-corrected chi connectivity index (χ0v) is 16.8. The summed E-state index contributed by atoms with van der Waals surface area (Å²) in [4.78, 5) is 24.1. The number of para-hydroxylation sites is 1. The van der Waals surface area contributed by atoms with Gasteiger partial charge >= 0.3 is 5.97 Å². The molecule has 0 saturated heterocycles. The van der Waals surface area contributed by atoms with Gasteiger partial charge in [-0.15, -0.1) is 0 Å². The van der Waals surface area contributed by atoms with Gasteiger partial charge in [0.15, 0.2) is 6.61 Å². The number of amides is 1. The van der Waals surface area contributed by atoms with Crippen LogP contribution in [-0.4, -0.2) is 29.1 Å². The van der Waals surface area contributed by atoms with Crippen molar-refractivity contribution in [3.8, 4) is 6.07 Å². The fourth-order valence-electron chi connectivity index (χ4n) is 3.89. The Hall–Kier alpha value is -3.07. The molecule has 2 atom stereocenters. The Morgan fingerprint density at radius 3 is 2.90 bits per heavy atom. The number of nitriles is 1. The predicted molar refractivity (Wildman–Crippen MR) is 112 cm³/mol. The summed E-state index contributed by atoms with van der Waals surface area (Å²) >= 11 is 0. The molecule has 0 aliphatic heterocycles. The van der Waals surface area contributed by atoms with E-state index in [1.807, 2.05) is 35.0 Å². The molecule has 1 N–H and O–H groups in total. The van der Waals surface area contributed by atoms with Gasteiger partial charge in [-0.2, -0.15) is 5.26 Å². The van der Waals surface area contributed by atoms with Crippen molar-refractivity contribution in [1.29, 1.82) is 5.26 Å². The van der Waals surface area contributed by atoms with Gasteiger partial charge in [0.25, 0.3) is 5.91 Å². The molecule has 0 bridgehead atoms. The Labute approximate surface area is 171 Å². The molecule has 6 heteroatoms. The topological polar surface area (TPSA) is 84.1 Å². The third kappa shape index (κ3) is 5.47. The Balaban J connectivity index is 1.56. The van der Waals surface area contributed by atoms with Crippen molar-refractivity contribution >= 4 is 28.9 Å². The number of hydrogen-bond acceptors (Lipinski definition) is 4. The SMILES string of the molecule is C[C@@H]1CCCC[C@H]1NC(=O)COC(=O)/C=C/c1cn(CCC#N)c2ccccc12. The summed E-state index contributed by atoms with van der Waals surface area (Å²) in [6.45, 7) is 2.47. The summed E-state index contributed by atoms with van der Waals surface area (Å²) < 4.78 is 7.10. The van der Waals surface area contributed by atoms with E-state index in [4.69, 9.17) is 10.00 Å². The van der Waals surface area contributed by atoms with E-state index < -0.39 is 5.97 Å². The Morgan fingerprint density at radius 1 is 1.31 bits per heavy atom. The van der Waals surface area contributed by atoms with Gasteiger partial charge in [-0.1, -0.05) is 38.0 Å². The van der Waals surface area contributed by atoms with Crippen LogP contribution >= 0.6 is 0 Å². The third-order valence-electron chi connectivity index (χ3n) is 5.49. The normalized spacial score (nSPS) is 19.2. The van der Waals surface area contributed by atoms with Crippen LogP contribution in [0.5, 0.6) is 0 Å². The highest BCUT2D eigenvalue weighted by atomic mass is 16.5. The number of benzene rings is 1. The maximum Gasteiger partial charge on any atom is 0.331 e. The minimum absolute atomic E-state index is 0.171. The van der Waals surface area contributed by atoms with Crippen LogP contribution in [0.25, 0.3) is 17.0 Å². The quantitative estimate of drug-likeness (QED) is 0.573. The first-order valence-corrected chi connectivity index (χ1v) is 10.2. The van der Waals surface area contributed by atoms with E-state index in [-0.39, 0.29) is 18.6 Å². The average molecular weight is 393 g/mol. The fraction of sp³-hybridized carbons (Fsp3) is 0.435. The van der Waals surface area contributed by atoms with E-state index in [9.17, 15) is 9.59 Å². The van der Waals surface area contributed by atoms with Gasteiger partial charge in [-0.25, -0.2) is 4.79 Å². The molecule has 2 aromatic rings. The van der Waals surface area contributed by atoms with Gasteiger partial charge < -0.3 is 14.6 Å². The molecule has 1 aliphatic rings. The molecular weight excluding hydrogens is 366 g/mol. The first-order valence-electron chi connectivity index (χ1n) is 10.2. The van der Waals surface area contributed by atoms with E-state index in [0.29, 0.717) is 18.9 Å². The number of ether oxygens (including phenoxy) is 1. The number of hydrogen-bond donors (Lipinski definition) is 1. The van der Waals surface area contributed by atoms with Crippen LogP contribution in [0.1, 0.15) is 44.6 Å². The number of nitrogens with one attached hydrogen (secondary N) is 1. The second-order valence-corrected chi connectivity index (χ2v) is 7.58. The van der Waals surface area contributed by atoms with Crippen molar-refractivity contribution in [2.24, 2.45) is 5.92 Å². The summed E-state index contributed by atoms with van der Waals surface area (Å²) in [5, 5.41) is 12.8. The zero-order valence-electron chi connectivity index (χ0n) is 16.8. The summed E-state index contributed by atoms with van der Waals surface area (Å²) in [5.74, 6) is -0.342. The molecule has 0 radical (unpaired) electrons. The van der Waals surface area contributed by atoms with Gasteiger partial charge in [0, 0.05) is 41.3 Å². The molecular formula is C23H27N3O3. The Bertz CT molecular complexity index is 938. The molecule has 0 spiro atoms. The molecule has 1 amide bonds. The molecule has 1 saturated carbocycles. The van der Waals surface area contributed by atoms with Crippen molar-refractivity contribution in [3.63, 3.8) is 0 Å². The fourth-order valence-corrected chi connectivity index (χ4v) is 3.89. The number of rotatable bonds is 7. The molecule has 1 aromatic carbocycles. The molecule has 0 unspecified atom stereocenters. The van der Waals surface area contributed by atoms with E-state index in [1.165, 1.54) is 12.5 Å². The molecule has 1 aromatic heterocycles.